The highest BCUT2D eigenvalue weighted by Crippen LogP contribution is 2.45. The third-order valence-corrected chi connectivity index (χ3v) is 5.44. The standard InChI is InChI=1S/C19H27NO4/c21-13-17-12-20(11-16-5-2-1-3-6-16)15-18(24-17)7-4-8-19(14-18)22-9-10-23-19/h1-3,5-6,17,21H,4,7-15H2/t17-,18?/m0/s1. The highest BCUT2D eigenvalue weighted by Gasteiger charge is 2.52. The van der Waals surface area contributed by atoms with Gasteiger partial charge in [0.15, 0.2) is 5.79 Å². The van der Waals surface area contributed by atoms with Crippen LogP contribution in [-0.2, 0) is 20.8 Å². The second-order valence-corrected chi connectivity index (χ2v) is 7.40. The number of aliphatic hydroxyl groups is 1. The van der Waals surface area contributed by atoms with Gasteiger partial charge in [-0.2, -0.15) is 0 Å². The summed E-state index contributed by atoms with van der Waals surface area (Å²) in [5.41, 5.74) is 1.02. The van der Waals surface area contributed by atoms with Crippen molar-refractivity contribution in [2.75, 3.05) is 32.9 Å². The van der Waals surface area contributed by atoms with Crippen LogP contribution >= 0.6 is 0 Å². The molecule has 24 heavy (non-hydrogen) atoms. The molecule has 2 spiro atoms. The Morgan fingerprint density at radius 3 is 2.67 bits per heavy atom. The fraction of sp³-hybridized carbons (Fsp3) is 0.684. The van der Waals surface area contributed by atoms with E-state index in [4.69, 9.17) is 14.2 Å². The molecule has 5 nitrogen and oxygen atoms in total. The zero-order valence-electron chi connectivity index (χ0n) is 14.2. The number of nitrogens with zero attached hydrogens (tertiary/aromatic N) is 1. The Labute approximate surface area is 143 Å². The van der Waals surface area contributed by atoms with Gasteiger partial charge in [-0.1, -0.05) is 30.3 Å². The van der Waals surface area contributed by atoms with Crippen LogP contribution in [0.4, 0.5) is 0 Å². The van der Waals surface area contributed by atoms with E-state index in [0.717, 1.165) is 45.3 Å². The quantitative estimate of drug-likeness (QED) is 0.916. The summed E-state index contributed by atoms with van der Waals surface area (Å²) in [4.78, 5) is 2.41. The molecule has 3 fully saturated rings. The van der Waals surface area contributed by atoms with E-state index in [1.165, 1.54) is 5.56 Å². The minimum Gasteiger partial charge on any atom is -0.394 e. The lowest BCUT2D eigenvalue weighted by atomic mass is 9.79. The molecule has 0 amide bonds. The average molecular weight is 333 g/mol. The van der Waals surface area contributed by atoms with Gasteiger partial charge in [-0.3, -0.25) is 4.90 Å². The van der Waals surface area contributed by atoms with E-state index in [0.29, 0.717) is 13.2 Å². The van der Waals surface area contributed by atoms with Gasteiger partial charge in [0, 0.05) is 32.5 Å². The first-order chi connectivity index (χ1) is 11.7. The van der Waals surface area contributed by atoms with Crippen molar-refractivity contribution in [3.8, 4) is 0 Å². The maximum atomic E-state index is 9.73. The van der Waals surface area contributed by atoms with Crippen molar-refractivity contribution >= 4 is 0 Å². The molecule has 0 aromatic heterocycles. The second kappa shape index (κ2) is 6.73. The molecule has 1 saturated carbocycles. The lowest BCUT2D eigenvalue weighted by molar-refractivity contribution is -0.259. The van der Waals surface area contributed by atoms with E-state index in [2.05, 4.69) is 29.2 Å². The first kappa shape index (κ1) is 16.5. The molecule has 1 N–H and O–H groups in total. The van der Waals surface area contributed by atoms with E-state index in [1.807, 2.05) is 6.07 Å². The second-order valence-electron chi connectivity index (χ2n) is 7.40. The van der Waals surface area contributed by atoms with Gasteiger partial charge in [0.2, 0.25) is 0 Å². The van der Waals surface area contributed by atoms with Crippen molar-refractivity contribution in [2.45, 2.75) is 49.7 Å². The molecule has 1 aliphatic carbocycles. The largest absolute Gasteiger partial charge is 0.394 e. The highest BCUT2D eigenvalue weighted by atomic mass is 16.7. The van der Waals surface area contributed by atoms with Gasteiger partial charge in [0.05, 0.1) is 31.5 Å². The van der Waals surface area contributed by atoms with E-state index < -0.39 is 5.79 Å². The van der Waals surface area contributed by atoms with Crippen molar-refractivity contribution < 1.29 is 19.3 Å². The van der Waals surface area contributed by atoms with Gasteiger partial charge in [0.25, 0.3) is 0 Å². The first-order valence-electron chi connectivity index (χ1n) is 9.04. The summed E-state index contributed by atoms with van der Waals surface area (Å²) in [7, 11) is 0. The molecule has 1 unspecified atom stereocenters. The number of ether oxygens (including phenoxy) is 3. The molecule has 2 saturated heterocycles. The van der Waals surface area contributed by atoms with Crippen molar-refractivity contribution in [1.29, 1.82) is 0 Å². The van der Waals surface area contributed by atoms with Gasteiger partial charge < -0.3 is 19.3 Å². The van der Waals surface area contributed by atoms with Crippen LogP contribution in [0.5, 0.6) is 0 Å². The van der Waals surface area contributed by atoms with Crippen molar-refractivity contribution in [1.82, 2.24) is 4.90 Å². The zero-order chi connectivity index (χ0) is 16.5. The van der Waals surface area contributed by atoms with Crippen LogP contribution in [0.1, 0.15) is 31.2 Å². The van der Waals surface area contributed by atoms with Crippen molar-refractivity contribution in [3.05, 3.63) is 35.9 Å². The molecular formula is C19H27NO4. The number of aliphatic hydroxyl groups excluding tert-OH is 1. The predicted molar refractivity (Wildman–Crippen MR) is 89.5 cm³/mol. The maximum Gasteiger partial charge on any atom is 0.171 e. The molecule has 1 aromatic rings. The molecular weight excluding hydrogens is 306 g/mol. The monoisotopic (exact) mass is 333 g/mol. The van der Waals surface area contributed by atoms with E-state index in [-0.39, 0.29) is 18.3 Å². The number of morpholine rings is 1. The minimum absolute atomic E-state index is 0.0573. The molecule has 5 heteroatoms. The Morgan fingerprint density at radius 2 is 1.92 bits per heavy atom. The summed E-state index contributed by atoms with van der Waals surface area (Å²) in [6.07, 6.45) is 3.61. The van der Waals surface area contributed by atoms with Crippen LogP contribution in [0.3, 0.4) is 0 Å². The van der Waals surface area contributed by atoms with Crippen LogP contribution in [-0.4, -0.2) is 60.4 Å². The Morgan fingerprint density at radius 1 is 1.12 bits per heavy atom. The summed E-state index contributed by atoms with van der Waals surface area (Å²) in [5.74, 6) is -0.464. The molecule has 132 valence electrons. The van der Waals surface area contributed by atoms with Gasteiger partial charge in [0.1, 0.15) is 0 Å². The molecule has 0 radical (unpaired) electrons. The highest BCUT2D eigenvalue weighted by molar-refractivity contribution is 5.15. The van der Waals surface area contributed by atoms with Crippen molar-refractivity contribution in [2.24, 2.45) is 0 Å². The summed E-state index contributed by atoms with van der Waals surface area (Å²) in [5, 5.41) is 9.73. The molecule has 4 rings (SSSR count). The summed E-state index contributed by atoms with van der Waals surface area (Å²) in [6.45, 7) is 3.92. The average Bonchev–Trinajstić information content (AvgIpc) is 3.02. The molecule has 3 aliphatic rings. The summed E-state index contributed by atoms with van der Waals surface area (Å²) >= 11 is 0. The normalized spacial score (nSPS) is 33.3. The summed E-state index contributed by atoms with van der Waals surface area (Å²) in [6, 6.07) is 10.5. The zero-order valence-corrected chi connectivity index (χ0v) is 14.2. The van der Waals surface area contributed by atoms with Crippen LogP contribution in [0, 0.1) is 0 Å². The Balaban J connectivity index is 1.51. The van der Waals surface area contributed by atoms with Crippen LogP contribution in [0.25, 0.3) is 0 Å². The predicted octanol–water partition coefficient (Wildman–Crippen LogP) is 1.94. The molecule has 2 aliphatic heterocycles. The van der Waals surface area contributed by atoms with Gasteiger partial charge in [-0.05, 0) is 18.4 Å². The Hall–Kier alpha value is -0.980. The number of hydrogen-bond acceptors (Lipinski definition) is 5. The van der Waals surface area contributed by atoms with E-state index >= 15 is 0 Å². The molecule has 1 aromatic carbocycles. The minimum atomic E-state index is -0.464. The van der Waals surface area contributed by atoms with Crippen LogP contribution < -0.4 is 0 Å². The third kappa shape index (κ3) is 3.37. The number of benzene rings is 1. The van der Waals surface area contributed by atoms with Gasteiger partial charge in [-0.25, -0.2) is 0 Å². The lowest BCUT2D eigenvalue weighted by Crippen LogP contribution is -2.60. The number of rotatable bonds is 3. The third-order valence-electron chi connectivity index (χ3n) is 5.44. The van der Waals surface area contributed by atoms with Gasteiger partial charge >= 0.3 is 0 Å². The lowest BCUT2D eigenvalue weighted by Gasteiger charge is -2.51. The SMILES string of the molecule is OC[C@@H]1CN(Cc2ccccc2)CC2(CCCC3(C2)OCCO3)O1. The molecule has 2 heterocycles. The van der Waals surface area contributed by atoms with E-state index in [1.54, 1.807) is 0 Å². The Kier molecular flexibility index (Phi) is 4.62. The fourth-order valence-corrected chi connectivity index (χ4v) is 4.57. The smallest absolute Gasteiger partial charge is 0.171 e. The van der Waals surface area contributed by atoms with Crippen LogP contribution in [0.2, 0.25) is 0 Å². The van der Waals surface area contributed by atoms with Crippen molar-refractivity contribution in [3.63, 3.8) is 0 Å². The van der Waals surface area contributed by atoms with Crippen LogP contribution in [0.15, 0.2) is 30.3 Å². The summed E-state index contributed by atoms with van der Waals surface area (Å²) < 4.78 is 18.3. The Bertz CT molecular complexity index is 546. The number of hydrogen-bond donors (Lipinski definition) is 1. The van der Waals surface area contributed by atoms with E-state index in [9.17, 15) is 5.11 Å². The topological polar surface area (TPSA) is 51.2 Å². The fourth-order valence-electron chi connectivity index (χ4n) is 4.57. The maximum absolute atomic E-state index is 9.73. The molecule has 0 bridgehead atoms. The van der Waals surface area contributed by atoms with Gasteiger partial charge in [-0.15, -0.1) is 0 Å². The molecule has 2 atom stereocenters. The first-order valence-corrected chi connectivity index (χ1v) is 9.04.